The van der Waals surface area contributed by atoms with Crippen LogP contribution < -0.4 is 5.32 Å². The van der Waals surface area contributed by atoms with Crippen molar-refractivity contribution in [1.29, 1.82) is 0 Å². The van der Waals surface area contributed by atoms with E-state index in [1.54, 1.807) is 17.5 Å². The van der Waals surface area contributed by atoms with Gasteiger partial charge in [-0.05, 0) is 30.5 Å². The van der Waals surface area contributed by atoms with Crippen molar-refractivity contribution in [3.63, 3.8) is 0 Å². The van der Waals surface area contributed by atoms with Crippen LogP contribution in [0, 0.1) is 0 Å². The van der Waals surface area contributed by atoms with Crippen molar-refractivity contribution in [3.8, 4) is 0 Å². The molecule has 0 saturated carbocycles. The number of para-hydroxylation sites is 1. The zero-order valence-corrected chi connectivity index (χ0v) is 13.3. The smallest absolute Gasteiger partial charge is 0.348 e. The van der Waals surface area contributed by atoms with E-state index in [2.05, 4.69) is 5.32 Å². The number of rotatable bonds is 5. The van der Waals surface area contributed by atoms with Gasteiger partial charge in [0.05, 0.1) is 6.04 Å². The van der Waals surface area contributed by atoms with Gasteiger partial charge in [0.2, 0.25) is 0 Å². The molecule has 3 aromatic rings. The number of nitrogens with one attached hydrogen (secondary N) is 1. The minimum absolute atomic E-state index is 0.310. The lowest BCUT2D eigenvalue weighted by molar-refractivity contribution is -0.125. The van der Waals surface area contributed by atoms with Crippen LogP contribution in [0.4, 0.5) is 0 Å². The molecule has 1 atom stereocenters. The summed E-state index contributed by atoms with van der Waals surface area (Å²) in [4.78, 5) is 24.0. The van der Waals surface area contributed by atoms with Crippen molar-refractivity contribution in [2.75, 3.05) is 6.61 Å². The molecule has 0 bridgehead atoms. The second kappa shape index (κ2) is 6.66. The molecule has 0 aliphatic heterocycles. The van der Waals surface area contributed by atoms with Crippen LogP contribution in [-0.2, 0) is 9.53 Å². The summed E-state index contributed by atoms with van der Waals surface area (Å²) in [5, 5.41) is 5.51. The monoisotopic (exact) mass is 329 g/mol. The van der Waals surface area contributed by atoms with E-state index in [4.69, 9.17) is 9.15 Å². The molecule has 0 radical (unpaired) electrons. The maximum absolute atomic E-state index is 11.9. The first kappa shape index (κ1) is 15.3. The van der Waals surface area contributed by atoms with Gasteiger partial charge in [0.15, 0.2) is 6.61 Å². The van der Waals surface area contributed by atoms with Crippen molar-refractivity contribution in [3.05, 3.63) is 58.5 Å². The summed E-state index contributed by atoms with van der Waals surface area (Å²) in [6.07, 6.45) is 0. The third kappa shape index (κ3) is 3.60. The van der Waals surface area contributed by atoms with Gasteiger partial charge in [0.25, 0.3) is 5.91 Å². The zero-order valence-electron chi connectivity index (χ0n) is 12.4. The molecule has 0 aliphatic rings. The molecule has 0 fully saturated rings. The molecule has 0 spiro atoms. The number of amides is 1. The SMILES string of the molecule is C[C@@H](NC(=O)COC(=O)c1cccs1)c1cc2ccccc2o1. The Kier molecular flexibility index (Phi) is 4.43. The fourth-order valence-electron chi connectivity index (χ4n) is 2.17. The average molecular weight is 329 g/mol. The van der Waals surface area contributed by atoms with Crippen LogP contribution in [0.1, 0.15) is 28.4 Å². The minimum atomic E-state index is -0.494. The normalized spacial score (nSPS) is 12.0. The molecule has 6 heteroatoms. The Hall–Kier alpha value is -2.60. The van der Waals surface area contributed by atoms with Gasteiger partial charge in [-0.2, -0.15) is 0 Å². The van der Waals surface area contributed by atoms with Crippen LogP contribution in [0.2, 0.25) is 0 Å². The lowest BCUT2D eigenvalue weighted by atomic mass is 10.2. The summed E-state index contributed by atoms with van der Waals surface area (Å²) in [5.74, 6) is -0.210. The number of thiophene rings is 1. The molecule has 2 heterocycles. The van der Waals surface area contributed by atoms with E-state index < -0.39 is 5.97 Å². The highest BCUT2D eigenvalue weighted by atomic mass is 32.1. The second-order valence-corrected chi connectivity index (χ2v) is 5.98. The van der Waals surface area contributed by atoms with E-state index in [-0.39, 0.29) is 18.6 Å². The Morgan fingerprint density at radius 3 is 2.83 bits per heavy atom. The molecule has 0 aliphatic carbocycles. The molecule has 5 nitrogen and oxygen atoms in total. The van der Waals surface area contributed by atoms with Gasteiger partial charge in [-0.15, -0.1) is 11.3 Å². The first-order chi connectivity index (χ1) is 11.1. The van der Waals surface area contributed by atoms with Crippen LogP contribution in [0.3, 0.4) is 0 Å². The Morgan fingerprint density at radius 2 is 2.09 bits per heavy atom. The lowest BCUT2D eigenvalue weighted by Crippen LogP contribution is -2.30. The minimum Gasteiger partial charge on any atom is -0.459 e. The lowest BCUT2D eigenvalue weighted by Gasteiger charge is -2.11. The average Bonchev–Trinajstić information content (AvgIpc) is 3.21. The summed E-state index contributed by atoms with van der Waals surface area (Å²) < 4.78 is 10.7. The summed E-state index contributed by atoms with van der Waals surface area (Å²) >= 11 is 1.27. The zero-order chi connectivity index (χ0) is 16.2. The molecule has 0 saturated heterocycles. The highest BCUT2D eigenvalue weighted by Crippen LogP contribution is 2.23. The van der Waals surface area contributed by atoms with Gasteiger partial charge < -0.3 is 14.5 Å². The molecule has 0 unspecified atom stereocenters. The van der Waals surface area contributed by atoms with Crippen LogP contribution in [0.25, 0.3) is 11.0 Å². The molecule has 3 rings (SSSR count). The van der Waals surface area contributed by atoms with Crippen LogP contribution >= 0.6 is 11.3 Å². The number of esters is 1. The number of carbonyl (C=O) groups is 2. The fraction of sp³-hybridized carbons (Fsp3) is 0.176. The topological polar surface area (TPSA) is 68.5 Å². The highest BCUT2D eigenvalue weighted by Gasteiger charge is 2.16. The van der Waals surface area contributed by atoms with Crippen molar-refractivity contribution < 1.29 is 18.7 Å². The fourth-order valence-corrected chi connectivity index (χ4v) is 2.78. The molecular weight excluding hydrogens is 314 g/mol. The third-order valence-electron chi connectivity index (χ3n) is 3.31. The van der Waals surface area contributed by atoms with E-state index in [9.17, 15) is 9.59 Å². The molecule has 118 valence electrons. The van der Waals surface area contributed by atoms with Crippen molar-refractivity contribution in [2.24, 2.45) is 0 Å². The van der Waals surface area contributed by atoms with E-state index >= 15 is 0 Å². The van der Waals surface area contributed by atoms with Gasteiger partial charge in [-0.1, -0.05) is 24.3 Å². The van der Waals surface area contributed by atoms with Crippen LogP contribution in [0.5, 0.6) is 0 Å². The predicted octanol–water partition coefficient (Wildman–Crippen LogP) is 3.53. The maximum Gasteiger partial charge on any atom is 0.348 e. The van der Waals surface area contributed by atoms with Crippen molar-refractivity contribution in [1.82, 2.24) is 5.32 Å². The Morgan fingerprint density at radius 1 is 1.26 bits per heavy atom. The molecule has 1 aromatic carbocycles. The molecule has 1 amide bonds. The molecule has 2 aromatic heterocycles. The van der Waals surface area contributed by atoms with Crippen molar-refractivity contribution >= 4 is 34.2 Å². The number of fused-ring (bicyclic) bond motifs is 1. The number of hydrogen-bond acceptors (Lipinski definition) is 5. The number of benzene rings is 1. The second-order valence-electron chi connectivity index (χ2n) is 5.03. The molecule has 23 heavy (non-hydrogen) atoms. The van der Waals surface area contributed by atoms with Gasteiger partial charge in [0, 0.05) is 5.39 Å². The van der Waals surface area contributed by atoms with Crippen LogP contribution in [0.15, 0.2) is 52.3 Å². The largest absolute Gasteiger partial charge is 0.459 e. The van der Waals surface area contributed by atoms with Gasteiger partial charge >= 0.3 is 5.97 Å². The Labute approximate surface area is 136 Å². The number of carbonyl (C=O) groups excluding carboxylic acids is 2. The summed E-state index contributed by atoms with van der Waals surface area (Å²) in [6.45, 7) is 1.50. The quantitative estimate of drug-likeness (QED) is 0.727. The van der Waals surface area contributed by atoms with E-state index in [1.165, 1.54) is 11.3 Å². The maximum atomic E-state index is 11.9. The Bertz CT molecular complexity index is 789. The first-order valence-corrected chi connectivity index (χ1v) is 8.00. The van der Waals surface area contributed by atoms with Crippen LogP contribution in [-0.4, -0.2) is 18.5 Å². The highest BCUT2D eigenvalue weighted by molar-refractivity contribution is 7.11. The standard InChI is InChI=1S/C17H15NO4S/c1-11(14-9-12-5-2-3-6-13(12)22-14)18-16(19)10-21-17(20)15-7-4-8-23-15/h2-9,11H,10H2,1H3,(H,18,19)/t11-/m1/s1. The third-order valence-corrected chi connectivity index (χ3v) is 4.16. The Balaban J connectivity index is 1.55. The predicted molar refractivity (Wildman–Crippen MR) is 87.4 cm³/mol. The van der Waals surface area contributed by atoms with E-state index in [0.717, 1.165) is 11.0 Å². The van der Waals surface area contributed by atoms with Gasteiger partial charge in [-0.25, -0.2) is 4.79 Å². The number of furan rings is 1. The number of hydrogen-bond donors (Lipinski definition) is 1. The first-order valence-electron chi connectivity index (χ1n) is 7.12. The summed E-state index contributed by atoms with van der Waals surface area (Å²) in [7, 11) is 0. The van der Waals surface area contributed by atoms with Gasteiger partial charge in [0.1, 0.15) is 16.2 Å². The van der Waals surface area contributed by atoms with Crippen molar-refractivity contribution in [2.45, 2.75) is 13.0 Å². The summed E-state index contributed by atoms with van der Waals surface area (Å²) in [6, 6.07) is 12.6. The van der Waals surface area contributed by atoms with E-state index in [1.807, 2.05) is 37.3 Å². The molecule has 1 N–H and O–H groups in total. The molecular formula is C17H15NO4S. The van der Waals surface area contributed by atoms with E-state index in [0.29, 0.717) is 10.6 Å². The number of ether oxygens (including phenoxy) is 1. The summed E-state index contributed by atoms with van der Waals surface area (Å²) in [5.41, 5.74) is 0.771. The van der Waals surface area contributed by atoms with Gasteiger partial charge in [-0.3, -0.25) is 4.79 Å².